The van der Waals surface area contributed by atoms with Gasteiger partial charge in [0.25, 0.3) is 5.95 Å². The number of rotatable bonds is 5. The van der Waals surface area contributed by atoms with Gasteiger partial charge in [-0.05, 0) is 18.2 Å². The van der Waals surface area contributed by atoms with Gasteiger partial charge >= 0.3 is 11.9 Å². The lowest BCUT2D eigenvalue weighted by Gasteiger charge is -2.13. The fourth-order valence-corrected chi connectivity index (χ4v) is 1.55. The average Bonchev–Trinajstić information content (AvgIpc) is 2.93. The van der Waals surface area contributed by atoms with Crippen molar-refractivity contribution in [3.05, 3.63) is 29.6 Å². The number of carboxylic acid groups (broad SMARTS) is 2. The van der Waals surface area contributed by atoms with Gasteiger partial charge in [-0.2, -0.15) is 4.98 Å². The molecule has 2 aromatic rings. The number of azo groups is 1. The van der Waals surface area contributed by atoms with Crippen LogP contribution in [0.25, 0.3) is 0 Å². The summed E-state index contributed by atoms with van der Waals surface area (Å²) in [7, 11) is 3.56. The minimum atomic E-state index is -1.28. The van der Waals surface area contributed by atoms with Crippen molar-refractivity contribution >= 4 is 29.3 Å². The van der Waals surface area contributed by atoms with Crippen molar-refractivity contribution in [3.8, 4) is 0 Å². The molecule has 0 aliphatic heterocycles. The molecular formula is C12H12N6O4. The van der Waals surface area contributed by atoms with Crippen molar-refractivity contribution in [3.63, 3.8) is 0 Å². The summed E-state index contributed by atoms with van der Waals surface area (Å²) >= 11 is 0. The van der Waals surface area contributed by atoms with E-state index in [0.29, 0.717) is 5.69 Å². The zero-order chi connectivity index (χ0) is 16.3. The minimum Gasteiger partial charge on any atom is -0.478 e. The van der Waals surface area contributed by atoms with Gasteiger partial charge in [0.05, 0.1) is 5.56 Å². The number of aromatic amines is 1. The van der Waals surface area contributed by atoms with Gasteiger partial charge < -0.3 is 15.1 Å². The highest BCUT2D eigenvalue weighted by Gasteiger charge is 2.13. The zero-order valence-electron chi connectivity index (χ0n) is 11.7. The maximum absolute atomic E-state index is 11.3. The Morgan fingerprint density at radius 2 is 1.91 bits per heavy atom. The molecule has 2 rings (SSSR count). The SMILES string of the molecule is CN(C)c1ccc(N=Nc2n[nH]c(C(=O)O)n2)c(C(=O)O)c1. The Bertz CT molecular complexity index is 752. The van der Waals surface area contributed by atoms with Crippen LogP contribution in [-0.4, -0.2) is 51.4 Å². The summed E-state index contributed by atoms with van der Waals surface area (Å²) in [6, 6.07) is 4.63. The molecule has 0 amide bonds. The van der Waals surface area contributed by atoms with E-state index in [0.717, 1.165) is 0 Å². The summed E-state index contributed by atoms with van der Waals surface area (Å²) in [6.07, 6.45) is 0. The minimum absolute atomic E-state index is 0.0380. The Morgan fingerprint density at radius 3 is 2.45 bits per heavy atom. The summed E-state index contributed by atoms with van der Waals surface area (Å²) in [5.41, 5.74) is 0.770. The first-order valence-electron chi connectivity index (χ1n) is 6.00. The molecular weight excluding hydrogens is 292 g/mol. The molecule has 22 heavy (non-hydrogen) atoms. The van der Waals surface area contributed by atoms with Crippen molar-refractivity contribution in [2.75, 3.05) is 19.0 Å². The van der Waals surface area contributed by atoms with Gasteiger partial charge in [0.15, 0.2) is 0 Å². The van der Waals surface area contributed by atoms with Crippen LogP contribution in [0, 0.1) is 0 Å². The normalized spacial score (nSPS) is 10.8. The Hall–Kier alpha value is -3.30. The van der Waals surface area contributed by atoms with E-state index in [-0.39, 0.29) is 23.0 Å². The van der Waals surface area contributed by atoms with Crippen LogP contribution in [0.2, 0.25) is 0 Å². The Labute approximate surface area is 124 Å². The second-order valence-corrected chi connectivity index (χ2v) is 4.39. The summed E-state index contributed by atoms with van der Waals surface area (Å²) in [5, 5.41) is 31.0. The van der Waals surface area contributed by atoms with Crippen LogP contribution in [0.15, 0.2) is 28.4 Å². The third-order valence-electron chi connectivity index (χ3n) is 2.65. The fourth-order valence-electron chi connectivity index (χ4n) is 1.55. The van der Waals surface area contributed by atoms with Crippen LogP contribution >= 0.6 is 0 Å². The molecule has 0 radical (unpaired) electrons. The molecule has 0 saturated heterocycles. The first-order chi connectivity index (χ1) is 10.4. The third-order valence-corrected chi connectivity index (χ3v) is 2.65. The number of nitrogens with one attached hydrogen (secondary N) is 1. The van der Waals surface area contributed by atoms with Crippen molar-refractivity contribution < 1.29 is 19.8 Å². The lowest BCUT2D eigenvalue weighted by atomic mass is 10.1. The summed E-state index contributed by atoms with van der Waals surface area (Å²) in [6.45, 7) is 0. The van der Waals surface area contributed by atoms with Crippen LogP contribution in [0.1, 0.15) is 21.0 Å². The molecule has 1 aromatic carbocycles. The van der Waals surface area contributed by atoms with E-state index in [9.17, 15) is 14.7 Å². The molecule has 0 aliphatic rings. The van der Waals surface area contributed by atoms with Crippen LogP contribution in [0.5, 0.6) is 0 Å². The van der Waals surface area contributed by atoms with Gasteiger partial charge in [-0.15, -0.1) is 15.3 Å². The van der Waals surface area contributed by atoms with Crippen LogP contribution in [0.3, 0.4) is 0 Å². The number of aromatic nitrogens is 3. The number of H-pyrrole nitrogens is 1. The first-order valence-corrected chi connectivity index (χ1v) is 6.00. The lowest BCUT2D eigenvalue weighted by molar-refractivity contribution is 0.0678. The maximum atomic E-state index is 11.3. The quantitative estimate of drug-likeness (QED) is 0.712. The van der Waals surface area contributed by atoms with Crippen molar-refractivity contribution in [2.24, 2.45) is 10.2 Å². The van der Waals surface area contributed by atoms with Gasteiger partial charge in [-0.1, -0.05) is 0 Å². The Morgan fingerprint density at radius 1 is 1.18 bits per heavy atom. The van der Waals surface area contributed by atoms with Gasteiger partial charge in [-0.25, -0.2) is 9.59 Å². The Balaban J connectivity index is 2.33. The van der Waals surface area contributed by atoms with Gasteiger partial charge in [0.2, 0.25) is 5.82 Å². The number of nitrogens with zero attached hydrogens (tertiary/aromatic N) is 5. The highest BCUT2D eigenvalue weighted by molar-refractivity contribution is 5.94. The number of carboxylic acids is 2. The van der Waals surface area contributed by atoms with E-state index in [2.05, 4.69) is 25.4 Å². The van der Waals surface area contributed by atoms with Crippen LogP contribution in [0.4, 0.5) is 17.3 Å². The fraction of sp³-hybridized carbons (Fsp3) is 0.167. The smallest absolute Gasteiger partial charge is 0.373 e. The van der Waals surface area contributed by atoms with Gasteiger partial charge in [-0.3, -0.25) is 5.10 Å². The summed E-state index contributed by atoms with van der Waals surface area (Å²) in [4.78, 5) is 27.2. The van der Waals surface area contributed by atoms with E-state index in [1.165, 1.54) is 12.1 Å². The zero-order valence-corrected chi connectivity index (χ0v) is 11.7. The summed E-state index contributed by atoms with van der Waals surface area (Å²) in [5.74, 6) is -3.02. The standard InChI is InChI=1S/C12H12N6O4/c1-18(2)6-3-4-8(7(5-6)10(19)20)14-16-12-13-9(11(21)22)15-17-12/h3-5H,1-2H3,(H,19,20)(H,21,22)(H,13,15,17). The molecule has 0 atom stereocenters. The van der Waals surface area contributed by atoms with Crippen molar-refractivity contribution in [1.82, 2.24) is 15.2 Å². The molecule has 0 spiro atoms. The number of hydrogen-bond donors (Lipinski definition) is 3. The maximum Gasteiger partial charge on any atom is 0.373 e. The molecule has 3 N–H and O–H groups in total. The molecule has 114 valence electrons. The molecule has 0 aliphatic carbocycles. The van der Waals surface area contributed by atoms with E-state index in [1.54, 1.807) is 25.1 Å². The average molecular weight is 304 g/mol. The molecule has 1 aromatic heterocycles. The molecule has 10 nitrogen and oxygen atoms in total. The largest absolute Gasteiger partial charge is 0.478 e. The first kappa shape index (κ1) is 15.1. The number of anilines is 1. The second-order valence-electron chi connectivity index (χ2n) is 4.39. The second kappa shape index (κ2) is 5.99. The van der Waals surface area contributed by atoms with Crippen LogP contribution in [-0.2, 0) is 0 Å². The van der Waals surface area contributed by atoms with E-state index in [4.69, 9.17) is 5.11 Å². The van der Waals surface area contributed by atoms with Gasteiger partial charge in [0, 0.05) is 19.8 Å². The topological polar surface area (TPSA) is 144 Å². The number of carbonyl (C=O) groups is 2. The highest BCUT2D eigenvalue weighted by atomic mass is 16.4. The lowest BCUT2D eigenvalue weighted by Crippen LogP contribution is -2.09. The van der Waals surface area contributed by atoms with Crippen molar-refractivity contribution in [2.45, 2.75) is 0 Å². The predicted molar refractivity (Wildman–Crippen MR) is 75.2 cm³/mol. The Kier molecular flexibility index (Phi) is 4.11. The molecule has 0 fully saturated rings. The number of aromatic carboxylic acids is 2. The predicted octanol–water partition coefficient (Wildman–Crippen LogP) is 1.68. The van der Waals surface area contributed by atoms with E-state index < -0.39 is 11.9 Å². The molecule has 10 heteroatoms. The monoisotopic (exact) mass is 304 g/mol. The van der Waals surface area contributed by atoms with E-state index in [1.807, 2.05) is 0 Å². The molecule has 0 saturated carbocycles. The molecule has 1 heterocycles. The highest BCUT2D eigenvalue weighted by Crippen LogP contribution is 2.26. The number of hydrogen-bond acceptors (Lipinski definition) is 7. The molecule has 0 bridgehead atoms. The van der Waals surface area contributed by atoms with Gasteiger partial charge in [0.1, 0.15) is 5.69 Å². The third kappa shape index (κ3) is 3.23. The summed E-state index contributed by atoms with van der Waals surface area (Å²) < 4.78 is 0. The number of benzene rings is 1. The van der Waals surface area contributed by atoms with Crippen molar-refractivity contribution in [1.29, 1.82) is 0 Å². The molecule has 0 unspecified atom stereocenters. The van der Waals surface area contributed by atoms with E-state index >= 15 is 0 Å². The van der Waals surface area contributed by atoms with Crippen LogP contribution < -0.4 is 4.90 Å².